The lowest BCUT2D eigenvalue weighted by Crippen LogP contribution is -2.34. The lowest BCUT2D eigenvalue weighted by atomic mass is 9.68. The second kappa shape index (κ2) is 13.2. The van der Waals surface area contributed by atoms with Gasteiger partial charge in [-0.3, -0.25) is 0 Å². The minimum atomic E-state index is -0.0807. The Morgan fingerprint density at radius 3 is 1.66 bits per heavy atom. The first kappa shape index (κ1) is 34.2. The van der Waals surface area contributed by atoms with Crippen molar-refractivity contribution < 1.29 is 0 Å². The van der Waals surface area contributed by atoms with E-state index in [2.05, 4.69) is 174 Å². The number of hydrogen-bond donors (Lipinski definition) is 0. The van der Waals surface area contributed by atoms with Gasteiger partial charge in [0.2, 0.25) is 0 Å². The zero-order valence-corrected chi connectivity index (χ0v) is 34.3. The summed E-state index contributed by atoms with van der Waals surface area (Å²) < 4.78 is 2.69. The van der Waals surface area contributed by atoms with Gasteiger partial charge in [-0.15, -0.1) is 11.3 Å². The highest BCUT2D eigenvalue weighted by Crippen LogP contribution is 2.69. The zero-order valence-electron chi connectivity index (χ0n) is 33.4. The van der Waals surface area contributed by atoms with Crippen LogP contribution in [-0.4, -0.2) is 0 Å². The van der Waals surface area contributed by atoms with Crippen LogP contribution in [0.5, 0.6) is 0 Å². The Labute approximate surface area is 351 Å². The first-order chi connectivity index (χ1) is 29.2. The van der Waals surface area contributed by atoms with Gasteiger partial charge in [-0.2, -0.15) is 0 Å². The van der Waals surface area contributed by atoms with Crippen LogP contribution in [0.15, 0.2) is 164 Å². The Morgan fingerprint density at radius 1 is 0.458 bits per heavy atom. The summed E-state index contributed by atoms with van der Waals surface area (Å²) in [4.78, 5) is 5.21. The van der Waals surface area contributed by atoms with Gasteiger partial charge in [0.05, 0.1) is 11.4 Å². The van der Waals surface area contributed by atoms with Crippen molar-refractivity contribution in [3.05, 3.63) is 192 Å². The number of fused-ring (bicyclic) bond motifs is 7. The van der Waals surface area contributed by atoms with Gasteiger partial charge >= 0.3 is 0 Å². The van der Waals surface area contributed by atoms with Crippen molar-refractivity contribution in [1.29, 1.82) is 0 Å². The average Bonchev–Trinajstić information content (AvgIpc) is 4.15. The van der Waals surface area contributed by atoms with Crippen molar-refractivity contribution in [1.82, 2.24) is 0 Å². The lowest BCUT2D eigenvalue weighted by molar-refractivity contribution is 0.350. The molecule has 0 amide bonds. The topological polar surface area (TPSA) is 6.48 Å². The smallest absolute Gasteiger partial charge is 0.0505 e. The first-order valence-electron chi connectivity index (χ1n) is 22.2. The summed E-state index contributed by atoms with van der Waals surface area (Å²) in [6.45, 7) is 0. The highest BCUT2D eigenvalue weighted by atomic mass is 32.1. The summed E-state index contributed by atoms with van der Waals surface area (Å²) in [6.07, 6.45) is 10.5. The van der Waals surface area contributed by atoms with Crippen LogP contribution in [0.2, 0.25) is 0 Å². The molecule has 1 spiro atoms. The van der Waals surface area contributed by atoms with Crippen molar-refractivity contribution in [3.63, 3.8) is 0 Å². The van der Waals surface area contributed by atoms with Crippen LogP contribution in [0.3, 0.4) is 0 Å². The fraction of sp³-hybridized carbons (Fsp3) is 0.250. The van der Waals surface area contributed by atoms with Crippen molar-refractivity contribution >= 4 is 65.6 Å². The molecule has 5 aliphatic carbocycles. The molecule has 6 unspecified atom stereocenters. The molecule has 3 fully saturated rings. The van der Waals surface area contributed by atoms with E-state index >= 15 is 0 Å². The second-order valence-electron chi connectivity index (χ2n) is 18.4. The molecule has 1 aromatic heterocycles. The van der Waals surface area contributed by atoms with Crippen LogP contribution >= 0.6 is 11.3 Å². The molecule has 7 aromatic carbocycles. The molecule has 3 heteroatoms. The predicted molar refractivity (Wildman–Crippen MR) is 248 cm³/mol. The summed E-state index contributed by atoms with van der Waals surface area (Å²) in [5.74, 6) is 3.67. The van der Waals surface area contributed by atoms with E-state index in [9.17, 15) is 0 Å². The largest absolute Gasteiger partial charge is 0.310 e. The molecule has 8 aromatic rings. The van der Waals surface area contributed by atoms with Crippen LogP contribution in [0.4, 0.5) is 34.1 Å². The minimum absolute atomic E-state index is 0.0807. The molecule has 2 nitrogen and oxygen atoms in total. The summed E-state index contributed by atoms with van der Waals surface area (Å²) in [6, 6.07) is 62.8. The van der Waals surface area contributed by atoms with E-state index in [1.54, 1.807) is 16.7 Å². The van der Waals surface area contributed by atoms with Crippen LogP contribution < -0.4 is 9.80 Å². The van der Waals surface area contributed by atoms with Crippen molar-refractivity contribution in [2.24, 2.45) is 23.7 Å². The number of thiophene rings is 1. The van der Waals surface area contributed by atoms with Crippen LogP contribution in [0, 0.1) is 23.7 Å². The fourth-order valence-electron chi connectivity index (χ4n) is 13.4. The number of nitrogens with zero attached hydrogens (tertiary/aromatic N) is 2. The molecule has 0 saturated heterocycles. The monoisotopic (exact) mass is 780 g/mol. The van der Waals surface area contributed by atoms with Crippen LogP contribution in [0.1, 0.15) is 72.3 Å². The maximum Gasteiger partial charge on any atom is 0.0505 e. The van der Waals surface area contributed by atoms with Gasteiger partial charge in [-0.05, 0) is 169 Å². The number of benzene rings is 7. The Morgan fingerprint density at radius 2 is 1.03 bits per heavy atom. The normalized spacial score (nSPS) is 24.6. The first-order valence-corrected chi connectivity index (χ1v) is 23.0. The molecule has 5 aliphatic rings. The second-order valence-corrected chi connectivity index (χ2v) is 19.4. The number of para-hydroxylation sites is 2. The molecule has 3 saturated carbocycles. The van der Waals surface area contributed by atoms with Gasteiger partial charge in [-0.1, -0.05) is 103 Å². The van der Waals surface area contributed by atoms with Crippen LogP contribution in [0.25, 0.3) is 20.2 Å². The highest BCUT2D eigenvalue weighted by Gasteiger charge is 2.62. The maximum atomic E-state index is 2.61. The summed E-state index contributed by atoms with van der Waals surface area (Å²) in [5.41, 5.74) is 15.3. The van der Waals surface area contributed by atoms with Gasteiger partial charge in [0.15, 0.2) is 0 Å². The Kier molecular flexibility index (Phi) is 7.65. The minimum Gasteiger partial charge on any atom is -0.310 e. The number of anilines is 6. The molecule has 0 aliphatic heterocycles. The van der Waals surface area contributed by atoms with Crippen LogP contribution in [-0.2, 0) is 18.3 Å². The van der Waals surface area contributed by atoms with Gasteiger partial charge in [0.1, 0.15) is 0 Å². The summed E-state index contributed by atoms with van der Waals surface area (Å²) >= 11 is 1.91. The van der Waals surface area contributed by atoms with Gasteiger partial charge < -0.3 is 9.80 Å². The third kappa shape index (κ3) is 5.04. The van der Waals surface area contributed by atoms with Gasteiger partial charge in [0.25, 0.3) is 0 Å². The summed E-state index contributed by atoms with van der Waals surface area (Å²) in [7, 11) is 0. The zero-order chi connectivity index (χ0) is 38.7. The van der Waals surface area contributed by atoms with E-state index in [1.807, 2.05) is 11.3 Å². The van der Waals surface area contributed by atoms with E-state index in [-0.39, 0.29) is 5.41 Å². The molecule has 59 heavy (non-hydrogen) atoms. The van der Waals surface area contributed by atoms with Crippen molar-refractivity contribution in [2.75, 3.05) is 9.80 Å². The maximum absolute atomic E-state index is 2.61. The predicted octanol–water partition coefficient (Wildman–Crippen LogP) is 15.3. The quantitative estimate of drug-likeness (QED) is 0.159. The van der Waals surface area contributed by atoms with Crippen molar-refractivity contribution in [3.8, 4) is 0 Å². The van der Waals surface area contributed by atoms with E-state index < -0.39 is 0 Å². The molecule has 0 N–H and O–H groups in total. The molecule has 2 bridgehead atoms. The molecule has 288 valence electrons. The highest BCUT2D eigenvalue weighted by molar-refractivity contribution is 7.25. The van der Waals surface area contributed by atoms with E-state index in [0.29, 0.717) is 11.8 Å². The molecular weight excluding hydrogens is 733 g/mol. The molecule has 6 atom stereocenters. The third-order valence-electron chi connectivity index (χ3n) is 15.6. The average molecular weight is 781 g/mol. The Balaban J connectivity index is 1.01. The molecule has 0 radical (unpaired) electrons. The Bertz CT molecular complexity index is 2890. The SMILES string of the molecule is c1ccc(N(c2ccc(C3CC4CCC3C4)cc2)c2cccc3c2C24c5c(cccc5N(c5ccccc5)c5ccc6c(c5)sc5ccccc56)CC2CCC4C3)cc1. The van der Waals surface area contributed by atoms with Gasteiger partial charge in [0, 0.05) is 48.3 Å². The standard InChI is InChI=1S/C56H48N2S/c1-3-13-43(14-4-1)57(45-27-23-37(24-28-45)49-32-36-21-22-38(49)31-36)50-18-9-11-39-33-41-25-26-42-34-40-12-10-19-51(55(40)56(41,42)54(39)50)58(44-15-5-2-6-16-44)46-29-30-48-47-17-7-8-20-52(47)59-53(48)35-46/h1-20,23-24,27-30,35-36,38,41-42,49H,21-22,25-26,31-34H2. The van der Waals surface area contributed by atoms with Gasteiger partial charge in [-0.25, -0.2) is 0 Å². The van der Waals surface area contributed by atoms with E-state index in [1.165, 1.54) is 104 Å². The molecule has 1 heterocycles. The third-order valence-corrected chi connectivity index (χ3v) is 16.8. The Hall–Kier alpha value is -5.64. The molecular formula is C56H48N2S. The fourth-order valence-corrected chi connectivity index (χ4v) is 14.6. The lowest BCUT2D eigenvalue weighted by Gasteiger charge is -2.40. The number of rotatable bonds is 7. The summed E-state index contributed by atoms with van der Waals surface area (Å²) in [5, 5.41) is 2.69. The van der Waals surface area contributed by atoms with Crippen molar-refractivity contribution in [2.45, 2.75) is 62.7 Å². The molecule has 13 rings (SSSR count). The van der Waals surface area contributed by atoms with E-state index in [0.717, 1.165) is 30.6 Å². The van der Waals surface area contributed by atoms with E-state index in [4.69, 9.17) is 0 Å². The number of hydrogen-bond acceptors (Lipinski definition) is 3.